The van der Waals surface area contributed by atoms with E-state index in [9.17, 15) is 21.6 Å². The number of carbonyl (C=O) groups is 1. The molecule has 0 heterocycles. The minimum atomic E-state index is -4.08. The normalized spacial score (nSPS) is 14.3. The van der Waals surface area contributed by atoms with Crippen molar-refractivity contribution in [2.45, 2.75) is 28.7 Å². The summed E-state index contributed by atoms with van der Waals surface area (Å²) in [4.78, 5) is 11.8. The van der Waals surface area contributed by atoms with Gasteiger partial charge < -0.3 is 9.47 Å². The van der Waals surface area contributed by atoms with Crippen molar-refractivity contribution in [2.24, 2.45) is 0 Å². The Bertz CT molecular complexity index is 1120. The van der Waals surface area contributed by atoms with Crippen LogP contribution in [0.3, 0.4) is 0 Å². The van der Waals surface area contributed by atoms with E-state index in [4.69, 9.17) is 4.74 Å². The van der Waals surface area contributed by atoms with Crippen LogP contribution in [0.1, 0.15) is 23.2 Å². The lowest BCUT2D eigenvalue weighted by molar-refractivity contribution is 0.0601. The summed E-state index contributed by atoms with van der Waals surface area (Å²) in [5, 5.41) is 0. The third-order valence-electron chi connectivity index (χ3n) is 4.22. The number of carbonyl (C=O) groups excluding carboxylic acids is 1. The summed E-state index contributed by atoms with van der Waals surface area (Å²) in [6, 6.07) is 8.96. The molecule has 2 N–H and O–H groups in total. The number of anilines is 1. The van der Waals surface area contributed by atoms with Crippen LogP contribution in [0, 0.1) is 0 Å². The molecule has 2 aromatic carbocycles. The third kappa shape index (κ3) is 4.86. The van der Waals surface area contributed by atoms with Crippen molar-refractivity contribution < 1.29 is 31.1 Å². The van der Waals surface area contributed by atoms with Crippen LogP contribution in [-0.2, 0) is 24.8 Å². The van der Waals surface area contributed by atoms with Gasteiger partial charge in [-0.1, -0.05) is 0 Å². The number of hydrogen-bond acceptors (Lipinski definition) is 7. The molecule has 9 nitrogen and oxygen atoms in total. The number of benzene rings is 2. The molecule has 0 aromatic heterocycles. The second kappa shape index (κ2) is 8.01. The second-order valence-corrected chi connectivity index (χ2v) is 9.77. The fourth-order valence-electron chi connectivity index (χ4n) is 2.51. The van der Waals surface area contributed by atoms with Gasteiger partial charge >= 0.3 is 5.97 Å². The quantitative estimate of drug-likeness (QED) is 0.598. The molecule has 2 aromatic rings. The van der Waals surface area contributed by atoms with E-state index in [2.05, 4.69) is 14.2 Å². The van der Waals surface area contributed by atoms with Crippen LogP contribution < -0.4 is 14.2 Å². The van der Waals surface area contributed by atoms with Crippen molar-refractivity contribution in [1.29, 1.82) is 0 Å². The third-order valence-corrected chi connectivity index (χ3v) is 7.14. The molecule has 0 unspecified atom stereocenters. The molecule has 1 aliphatic carbocycles. The molecular weight excluding hydrogens is 420 g/mol. The Labute approximate surface area is 169 Å². The van der Waals surface area contributed by atoms with E-state index in [0.717, 1.165) is 12.8 Å². The maximum Gasteiger partial charge on any atom is 0.340 e. The fraction of sp³-hybridized carbons (Fsp3) is 0.278. The van der Waals surface area contributed by atoms with Crippen LogP contribution in [0.5, 0.6) is 5.75 Å². The van der Waals surface area contributed by atoms with Gasteiger partial charge in [0.2, 0.25) is 10.0 Å². The highest BCUT2D eigenvalue weighted by Crippen LogP contribution is 2.26. The maximum atomic E-state index is 12.7. The molecule has 11 heteroatoms. The average molecular weight is 440 g/mol. The monoisotopic (exact) mass is 440 g/mol. The molecule has 0 saturated heterocycles. The first-order valence-corrected chi connectivity index (χ1v) is 11.5. The van der Waals surface area contributed by atoms with E-state index in [-0.39, 0.29) is 27.1 Å². The first-order valence-electron chi connectivity index (χ1n) is 8.58. The molecule has 0 radical (unpaired) electrons. The van der Waals surface area contributed by atoms with Crippen molar-refractivity contribution in [1.82, 2.24) is 4.72 Å². The largest absolute Gasteiger partial charge is 0.497 e. The number of sulfonamides is 2. The summed E-state index contributed by atoms with van der Waals surface area (Å²) in [5.41, 5.74) is -0.0204. The molecule has 0 aliphatic heterocycles. The lowest BCUT2D eigenvalue weighted by Gasteiger charge is -2.13. The van der Waals surface area contributed by atoms with E-state index >= 15 is 0 Å². The molecule has 156 valence electrons. The summed E-state index contributed by atoms with van der Waals surface area (Å²) in [7, 11) is -5.19. The molecular formula is C18H20N2O7S2. The van der Waals surface area contributed by atoms with Gasteiger partial charge in [0.1, 0.15) is 5.75 Å². The first-order chi connectivity index (χ1) is 13.7. The molecule has 1 fully saturated rings. The second-order valence-electron chi connectivity index (χ2n) is 6.38. The van der Waals surface area contributed by atoms with Crippen molar-refractivity contribution in [3.8, 4) is 5.75 Å². The SMILES string of the molecule is COC(=O)c1cc(OC)ccc1NS(=O)(=O)c1ccc(S(=O)(=O)NC2CC2)cc1. The van der Waals surface area contributed by atoms with Crippen LogP contribution in [0.2, 0.25) is 0 Å². The van der Waals surface area contributed by atoms with E-state index in [0.29, 0.717) is 5.75 Å². The predicted octanol–water partition coefficient (Wildman–Crippen LogP) is 1.72. The molecule has 1 aliphatic rings. The number of nitrogens with one attached hydrogen (secondary N) is 2. The average Bonchev–Trinajstić information content (AvgIpc) is 3.51. The zero-order valence-corrected chi connectivity index (χ0v) is 17.3. The standard InChI is InChI=1S/C18H20N2O7S2/c1-26-13-5-10-17(16(11-13)18(21)27-2)20-29(24,25)15-8-6-14(7-9-15)28(22,23)19-12-3-4-12/h5-12,19-20H,3-4H2,1-2H3. The topological polar surface area (TPSA) is 128 Å². The molecule has 0 amide bonds. The number of hydrogen-bond donors (Lipinski definition) is 2. The number of methoxy groups -OCH3 is 2. The van der Waals surface area contributed by atoms with Gasteiger partial charge in [-0.15, -0.1) is 0 Å². The van der Waals surface area contributed by atoms with Crippen LogP contribution >= 0.6 is 0 Å². The molecule has 0 atom stereocenters. The highest BCUT2D eigenvalue weighted by Gasteiger charge is 2.28. The Hall–Kier alpha value is -2.63. The van der Waals surface area contributed by atoms with Gasteiger partial charge in [0, 0.05) is 6.04 Å². The predicted molar refractivity (Wildman–Crippen MR) is 105 cm³/mol. The van der Waals surface area contributed by atoms with Gasteiger partial charge in [-0.3, -0.25) is 4.72 Å². The minimum absolute atomic E-state index is 0.00440. The Morgan fingerprint density at radius 1 is 0.931 bits per heavy atom. The van der Waals surface area contributed by atoms with Crippen molar-refractivity contribution in [3.05, 3.63) is 48.0 Å². The molecule has 0 spiro atoms. The molecule has 3 rings (SSSR count). The van der Waals surface area contributed by atoms with E-state index < -0.39 is 26.0 Å². The molecule has 29 heavy (non-hydrogen) atoms. The number of ether oxygens (including phenoxy) is 2. The Morgan fingerprint density at radius 3 is 2.03 bits per heavy atom. The van der Waals surface area contributed by atoms with Gasteiger partial charge in [-0.25, -0.2) is 26.4 Å². The Balaban J connectivity index is 1.87. The summed E-state index contributed by atoms with van der Waals surface area (Å²) >= 11 is 0. The maximum absolute atomic E-state index is 12.7. The van der Waals surface area contributed by atoms with Gasteiger partial charge in [0.15, 0.2) is 0 Å². The van der Waals surface area contributed by atoms with Crippen LogP contribution in [-0.4, -0.2) is 43.1 Å². The zero-order chi connectivity index (χ0) is 21.2. The molecule has 1 saturated carbocycles. The van der Waals surface area contributed by atoms with E-state index in [1.165, 1.54) is 56.7 Å². The summed E-state index contributed by atoms with van der Waals surface area (Å²) in [5.74, 6) is -0.389. The van der Waals surface area contributed by atoms with Gasteiger partial charge in [-0.2, -0.15) is 0 Å². The highest BCUT2D eigenvalue weighted by atomic mass is 32.2. The fourth-order valence-corrected chi connectivity index (χ4v) is 4.89. The van der Waals surface area contributed by atoms with E-state index in [1.807, 2.05) is 0 Å². The Kier molecular flexibility index (Phi) is 5.82. The summed E-state index contributed by atoms with van der Waals surface area (Å²) < 4.78 is 64.4. The summed E-state index contributed by atoms with van der Waals surface area (Å²) in [6.45, 7) is 0. The van der Waals surface area contributed by atoms with Gasteiger partial charge in [0.25, 0.3) is 10.0 Å². The van der Waals surface area contributed by atoms with Crippen molar-refractivity contribution in [2.75, 3.05) is 18.9 Å². The lowest BCUT2D eigenvalue weighted by atomic mass is 10.2. The highest BCUT2D eigenvalue weighted by molar-refractivity contribution is 7.92. The lowest BCUT2D eigenvalue weighted by Crippen LogP contribution is -2.25. The number of rotatable bonds is 8. The zero-order valence-electron chi connectivity index (χ0n) is 15.7. The summed E-state index contributed by atoms with van der Waals surface area (Å²) in [6.07, 6.45) is 1.58. The van der Waals surface area contributed by atoms with Crippen LogP contribution in [0.25, 0.3) is 0 Å². The smallest absolute Gasteiger partial charge is 0.340 e. The number of esters is 1. The Morgan fingerprint density at radius 2 is 1.52 bits per heavy atom. The van der Waals surface area contributed by atoms with Gasteiger partial charge in [-0.05, 0) is 55.3 Å². The van der Waals surface area contributed by atoms with Crippen molar-refractivity contribution >= 4 is 31.7 Å². The van der Waals surface area contributed by atoms with Crippen LogP contribution in [0.15, 0.2) is 52.3 Å². The van der Waals surface area contributed by atoms with Crippen molar-refractivity contribution in [3.63, 3.8) is 0 Å². The van der Waals surface area contributed by atoms with E-state index in [1.54, 1.807) is 0 Å². The first kappa shape index (κ1) is 21.1. The van der Waals surface area contributed by atoms with Gasteiger partial charge in [0.05, 0.1) is 35.3 Å². The minimum Gasteiger partial charge on any atom is -0.497 e. The van der Waals surface area contributed by atoms with Crippen LogP contribution in [0.4, 0.5) is 5.69 Å². The molecule has 0 bridgehead atoms.